The zero-order valence-electron chi connectivity index (χ0n) is 6.73. The van der Waals surface area contributed by atoms with Crippen LogP contribution < -0.4 is 0 Å². The Morgan fingerprint density at radius 3 is 2.55 bits per heavy atom. The summed E-state index contributed by atoms with van der Waals surface area (Å²) in [5.41, 5.74) is 0. The minimum Gasteiger partial charge on any atom is -0.388 e. The summed E-state index contributed by atoms with van der Waals surface area (Å²) in [6, 6.07) is 0. The first kappa shape index (κ1) is 8.93. The molecule has 0 radical (unpaired) electrons. The van der Waals surface area contributed by atoms with Gasteiger partial charge in [0.2, 0.25) is 0 Å². The van der Waals surface area contributed by atoms with Crippen molar-refractivity contribution in [1.29, 1.82) is 0 Å². The Kier molecular flexibility index (Phi) is 2.84. The van der Waals surface area contributed by atoms with Crippen LogP contribution in [0.25, 0.3) is 0 Å². The second kappa shape index (κ2) is 3.49. The summed E-state index contributed by atoms with van der Waals surface area (Å²) in [5.74, 6) is 0. The maximum Gasteiger partial charge on any atom is 0.114 e. The molecule has 0 saturated carbocycles. The van der Waals surface area contributed by atoms with Crippen molar-refractivity contribution in [3.63, 3.8) is 0 Å². The Hall–Kier alpha value is -0.160. The topological polar surface area (TPSA) is 58.9 Å². The highest BCUT2D eigenvalue weighted by molar-refractivity contribution is 4.85. The van der Waals surface area contributed by atoms with Gasteiger partial charge in [-0.15, -0.1) is 0 Å². The van der Waals surface area contributed by atoms with E-state index in [1.165, 1.54) is 7.11 Å². The van der Waals surface area contributed by atoms with E-state index in [1.54, 1.807) is 6.92 Å². The van der Waals surface area contributed by atoms with E-state index >= 15 is 0 Å². The first-order valence-electron chi connectivity index (χ1n) is 3.67. The van der Waals surface area contributed by atoms with E-state index in [1.807, 2.05) is 0 Å². The molecular formula is C7H14O4. The van der Waals surface area contributed by atoms with Crippen LogP contribution in [-0.2, 0) is 9.47 Å². The van der Waals surface area contributed by atoms with Crippen molar-refractivity contribution >= 4 is 0 Å². The van der Waals surface area contributed by atoms with Crippen LogP contribution in [0.2, 0.25) is 0 Å². The van der Waals surface area contributed by atoms with Crippen LogP contribution in [0.4, 0.5) is 0 Å². The molecule has 0 amide bonds. The zero-order valence-corrected chi connectivity index (χ0v) is 6.73. The lowest BCUT2D eigenvalue weighted by atomic mass is 10.0. The number of rotatable bonds is 1. The molecule has 0 aromatic carbocycles. The molecule has 11 heavy (non-hydrogen) atoms. The molecule has 0 spiro atoms. The SMILES string of the molecule is CO[C@H]1[C@H](O)[C@@H](C)OC[C@H]1O. The lowest BCUT2D eigenvalue weighted by Crippen LogP contribution is -2.52. The van der Waals surface area contributed by atoms with Crippen LogP contribution in [0.5, 0.6) is 0 Å². The van der Waals surface area contributed by atoms with Gasteiger partial charge in [0.05, 0.1) is 12.7 Å². The number of aliphatic hydroxyl groups is 2. The molecule has 0 bridgehead atoms. The van der Waals surface area contributed by atoms with Crippen LogP contribution >= 0.6 is 0 Å². The summed E-state index contributed by atoms with van der Waals surface area (Å²) < 4.78 is 9.96. The minimum atomic E-state index is -0.733. The lowest BCUT2D eigenvalue weighted by molar-refractivity contribution is -0.190. The van der Waals surface area contributed by atoms with Gasteiger partial charge in [0.1, 0.15) is 18.3 Å². The predicted octanol–water partition coefficient (Wildman–Crippen LogP) is -0.858. The molecule has 4 nitrogen and oxygen atoms in total. The van der Waals surface area contributed by atoms with Gasteiger partial charge in [-0.1, -0.05) is 0 Å². The molecule has 1 fully saturated rings. The lowest BCUT2D eigenvalue weighted by Gasteiger charge is -2.35. The van der Waals surface area contributed by atoms with Gasteiger partial charge < -0.3 is 19.7 Å². The summed E-state index contributed by atoms with van der Waals surface area (Å²) in [5, 5.41) is 18.6. The van der Waals surface area contributed by atoms with Gasteiger partial charge in [0.15, 0.2) is 0 Å². The van der Waals surface area contributed by atoms with E-state index in [9.17, 15) is 10.2 Å². The van der Waals surface area contributed by atoms with Gasteiger partial charge in [0.25, 0.3) is 0 Å². The number of ether oxygens (including phenoxy) is 2. The van der Waals surface area contributed by atoms with Crippen LogP contribution in [0.15, 0.2) is 0 Å². The maximum atomic E-state index is 9.40. The Morgan fingerprint density at radius 2 is 2.09 bits per heavy atom. The van der Waals surface area contributed by atoms with Gasteiger partial charge in [-0.25, -0.2) is 0 Å². The quantitative estimate of drug-likeness (QED) is 0.527. The monoisotopic (exact) mass is 162 g/mol. The maximum absolute atomic E-state index is 9.40. The average Bonchev–Trinajstić information content (AvgIpc) is 1.99. The third-order valence-electron chi connectivity index (χ3n) is 2.00. The van der Waals surface area contributed by atoms with Crippen molar-refractivity contribution in [1.82, 2.24) is 0 Å². The van der Waals surface area contributed by atoms with Crippen LogP contribution in [0.1, 0.15) is 6.92 Å². The average molecular weight is 162 g/mol. The van der Waals surface area contributed by atoms with Crippen molar-refractivity contribution in [3.05, 3.63) is 0 Å². The molecular weight excluding hydrogens is 148 g/mol. The molecule has 0 aromatic heterocycles. The smallest absolute Gasteiger partial charge is 0.114 e. The molecule has 1 aliphatic rings. The number of methoxy groups -OCH3 is 1. The fourth-order valence-electron chi connectivity index (χ4n) is 1.24. The van der Waals surface area contributed by atoms with E-state index in [0.717, 1.165) is 0 Å². The molecule has 1 saturated heterocycles. The molecule has 2 N–H and O–H groups in total. The first-order valence-corrected chi connectivity index (χ1v) is 3.67. The minimum absolute atomic E-state index is 0.233. The third-order valence-corrected chi connectivity index (χ3v) is 2.00. The fraction of sp³-hybridized carbons (Fsp3) is 1.00. The Labute approximate surface area is 65.7 Å². The van der Waals surface area contributed by atoms with Crippen molar-refractivity contribution in [2.45, 2.75) is 31.3 Å². The van der Waals surface area contributed by atoms with Crippen LogP contribution in [0, 0.1) is 0 Å². The van der Waals surface area contributed by atoms with Crippen LogP contribution in [-0.4, -0.2) is 48.3 Å². The van der Waals surface area contributed by atoms with E-state index in [-0.39, 0.29) is 12.7 Å². The molecule has 4 atom stereocenters. The van der Waals surface area contributed by atoms with Crippen molar-refractivity contribution in [2.75, 3.05) is 13.7 Å². The molecule has 1 heterocycles. The molecule has 0 aliphatic carbocycles. The number of hydrogen-bond donors (Lipinski definition) is 2. The van der Waals surface area contributed by atoms with Crippen molar-refractivity contribution < 1.29 is 19.7 Å². The summed E-state index contributed by atoms with van der Waals surface area (Å²) in [6.45, 7) is 1.99. The highest BCUT2D eigenvalue weighted by atomic mass is 16.5. The standard InChI is InChI=1S/C7H14O4/c1-4-6(9)7(10-2)5(8)3-11-4/h4-9H,3H2,1-2H3/t4-,5-,6-,7-/m1/s1. The van der Waals surface area contributed by atoms with Gasteiger partial charge in [-0.2, -0.15) is 0 Å². The Morgan fingerprint density at radius 1 is 1.45 bits per heavy atom. The Balaban J connectivity index is 2.55. The predicted molar refractivity (Wildman–Crippen MR) is 38.2 cm³/mol. The van der Waals surface area contributed by atoms with Crippen molar-refractivity contribution in [3.8, 4) is 0 Å². The first-order chi connectivity index (χ1) is 5.16. The van der Waals surface area contributed by atoms with E-state index in [2.05, 4.69) is 0 Å². The molecule has 0 unspecified atom stereocenters. The van der Waals surface area contributed by atoms with Gasteiger partial charge in [0, 0.05) is 7.11 Å². The normalized spacial score (nSPS) is 45.8. The Bertz CT molecular complexity index is 128. The third kappa shape index (κ3) is 1.70. The van der Waals surface area contributed by atoms with E-state index in [0.29, 0.717) is 0 Å². The molecule has 4 heteroatoms. The molecule has 1 aliphatic heterocycles. The van der Waals surface area contributed by atoms with E-state index in [4.69, 9.17) is 9.47 Å². The summed E-state index contributed by atoms with van der Waals surface area (Å²) in [4.78, 5) is 0. The largest absolute Gasteiger partial charge is 0.388 e. The number of aliphatic hydroxyl groups excluding tert-OH is 2. The highest BCUT2D eigenvalue weighted by Crippen LogP contribution is 2.16. The molecule has 1 rings (SSSR count). The van der Waals surface area contributed by atoms with Gasteiger partial charge >= 0.3 is 0 Å². The molecule has 66 valence electrons. The second-order valence-electron chi connectivity index (χ2n) is 2.80. The van der Waals surface area contributed by atoms with Crippen LogP contribution in [0.3, 0.4) is 0 Å². The number of hydrogen-bond acceptors (Lipinski definition) is 4. The van der Waals surface area contributed by atoms with Crippen molar-refractivity contribution in [2.24, 2.45) is 0 Å². The molecule has 0 aromatic rings. The zero-order chi connectivity index (χ0) is 8.43. The summed E-state index contributed by atoms with van der Waals surface area (Å²) in [7, 11) is 1.47. The highest BCUT2D eigenvalue weighted by Gasteiger charge is 2.36. The fourth-order valence-corrected chi connectivity index (χ4v) is 1.24. The van der Waals surface area contributed by atoms with Gasteiger partial charge in [-0.05, 0) is 6.92 Å². The van der Waals surface area contributed by atoms with E-state index < -0.39 is 18.3 Å². The van der Waals surface area contributed by atoms with Gasteiger partial charge in [-0.3, -0.25) is 0 Å². The summed E-state index contributed by atoms with van der Waals surface area (Å²) in [6.07, 6.45) is -2.22. The summed E-state index contributed by atoms with van der Waals surface area (Å²) >= 11 is 0. The second-order valence-corrected chi connectivity index (χ2v) is 2.80.